The fraction of sp³-hybridized carbons (Fsp3) is 0.286. The Labute approximate surface area is 126 Å². The minimum Gasteiger partial charge on any atom is -0.395 e. The number of nitrogen functional groups attached to an aromatic ring is 1. The third-order valence-electron chi connectivity index (χ3n) is 3.03. The molecule has 0 aliphatic rings. The molecule has 0 saturated carbocycles. The van der Waals surface area contributed by atoms with Crippen LogP contribution in [0.1, 0.15) is 25.6 Å². The van der Waals surface area contributed by atoms with Crippen LogP contribution in [0.4, 0.5) is 5.69 Å². The molecule has 0 aliphatic carbocycles. The van der Waals surface area contributed by atoms with Gasteiger partial charge in [-0.25, -0.2) is 4.98 Å². The summed E-state index contributed by atoms with van der Waals surface area (Å²) < 4.78 is 4.17. The maximum Gasteiger partial charge on any atom is 0.157 e. The van der Waals surface area contributed by atoms with Crippen molar-refractivity contribution in [2.45, 2.75) is 36.2 Å². The van der Waals surface area contributed by atoms with Gasteiger partial charge in [-0.05, 0) is 44.7 Å². The van der Waals surface area contributed by atoms with Crippen LogP contribution in [-0.2, 0) is 0 Å². The predicted molar refractivity (Wildman–Crippen MR) is 85.5 cm³/mol. The average molecular weight is 304 g/mol. The van der Waals surface area contributed by atoms with Crippen molar-refractivity contribution in [3.05, 3.63) is 30.0 Å². The number of hydrogen-bond donors (Lipinski definition) is 1. The Kier molecular flexibility index (Phi) is 3.43. The summed E-state index contributed by atoms with van der Waals surface area (Å²) >= 11 is 3.28. The number of thiazole rings is 1. The van der Waals surface area contributed by atoms with Crippen LogP contribution in [0.25, 0.3) is 10.2 Å². The van der Waals surface area contributed by atoms with E-state index >= 15 is 0 Å². The lowest BCUT2D eigenvalue weighted by atomic mass is 10.3. The molecule has 0 saturated heterocycles. The number of hydrogen-bond acceptors (Lipinski definition) is 5. The lowest BCUT2D eigenvalue weighted by Gasteiger charge is -2.09. The molecule has 0 atom stereocenters. The van der Waals surface area contributed by atoms with Crippen LogP contribution in [0, 0.1) is 6.92 Å². The Morgan fingerprint density at radius 1 is 1.30 bits per heavy atom. The Bertz CT molecular complexity index is 725. The van der Waals surface area contributed by atoms with E-state index in [1.54, 1.807) is 23.1 Å². The topological polar surface area (TPSA) is 56.7 Å². The van der Waals surface area contributed by atoms with Crippen LogP contribution >= 0.6 is 23.1 Å². The molecule has 0 spiro atoms. The summed E-state index contributed by atoms with van der Waals surface area (Å²) in [5.74, 6) is 0. The van der Waals surface area contributed by atoms with Crippen LogP contribution < -0.4 is 5.73 Å². The van der Waals surface area contributed by atoms with E-state index in [0.29, 0.717) is 0 Å². The summed E-state index contributed by atoms with van der Waals surface area (Å²) in [6, 6.07) is 8.44. The first-order chi connectivity index (χ1) is 9.56. The van der Waals surface area contributed by atoms with Crippen molar-refractivity contribution in [2.75, 3.05) is 5.73 Å². The normalized spacial score (nSPS) is 11.6. The van der Waals surface area contributed by atoms with Crippen LogP contribution in [0.2, 0.25) is 0 Å². The number of benzene rings is 1. The minimum absolute atomic E-state index is 0.280. The zero-order valence-electron chi connectivity index (χ0n) is 11.6. The summed E-state index contributed by atoms with van der Waals surface area (Å²) in [5.41, 5.74) is 8.82. The van der Waals surface area contributed by atoms with Crippen molar-refractivity contribution in [1.82, 2.24) is 14.8 Å². The van der Waals surface area contributed by atoms with Crippen LogP contribution in [0.5, 0.6) is 0 Å². The fourth-order valence-corrected chi connectivity index (χ4v) is 4.25. The van der Waals surface area contributed by atoms with E-state index < -0.39 is 0 Å². The van der Waals surface area contributed by atoms with Gasteiger partial charge in [0.05, 0.1) is 21.6 Å². The first kappa shape index (κ1) is 13.5. The van der Waals surface area contributed by atoms with Gasteiger partial charge >= 0.3 is 0 Å². The summed E-state index contributed by atoms with van der Waals surface area (Å²) in [4.78, 5) is 4.64. The molecule has 2 N–H and O–H groups in total. The highest BCUT2D eigenvalue weighted by molar-refractivity contribution is 8.01. The van der Waals surface area contributed by atoms with Crippen LogP contribution in [0.3, 0.4) is 0 Å². The second-order valence-corrected chi connectivity index (χ2v) is 7.16. The number of fused-ring (bicyclic) bond motifs is 1. The summed E-state index contributed by atoms with van der Waals surface area (Å²) in [6.07, 6.45) is 0. The number of nitrogens with zero attached hydrogens (tertiary/aromatic N) is 3. The second-order valence-electron chi connectivity index (χ2n) is 4.89. The maximum atomic E-state index is 6.16. The van der Waals surface area contributed by atoms with Crippen molar-refractivity contribution in [1.29, 1.82) is 0 Å². The van der Waals surface area contributed by atoms with Crippen molar-refractivity contribution < 1.29 is 0 Å². The molecule has 0 fully saturated rings. The van der Waals surface area contributed by atoms with Gasteiger partial charge < -0.3 is 5.73 Å². The predicted octanol–water partition coefficient (Wildman–Crippen LogP) is 4.12. The molecule has 2 aromatic heterocycles. The van der Waals surface area contributed by atoms with Gasteiger partial charge in [-0.1, -0.05) is 12.1 Å². The van der Waals surface area contributed by atoms with E-state index in [1.165, 1.54) is 4.70 Å². The highest BCUT2D eigenvalue weighted by Crippen LogP contribution is 2.38. The molecule has 104 valence electrons. The number of rotatable bonds is 3. The molecule has 6 heteroatoms. The molecule has 0 unspecified atom stereocenters. The largest absolute Gasteiger partial charge is 0.395 e. The van der Waals surface area contributed by atoms with E-state index in [-0.39, 0.29) is 6.04 Å². The van der Waals surface area contributed by atoms with Crippen molar-refractivity contribution in [2.24, 2.45) is 0 Å². The number of anilines is 1. The smallest absolute Gasteiger partial charge is 0.157 e. The van der Waals surface area contributed by atoms with Gasteiger partial charge in [-0.15, -0.1) is 11.3 Å². The molecule has 1 aromatic carbocycles. The third kappa shape index (κ3) is 2.29. The van der Waals surface area contributed by atoms with Crippen molar-refractivity contribution >= 4 is 39.0 Å². The van der Waals surface area contributed by atoms with E-state index in [9.17, 15) is 0 Å². The standard InChI is InChI=1S/C14H16N4S2/c1-8(2)18-13(12(15)9(3)17-18)20-14-16-10-6-4-5-7-11(10)19-14/h4-8H,15H2,1-3H3. The van der Waals surface area contributed by atoms with E-state index in [4.69, 9.17) is 5.73 Å². The molecule has 4 nitrogen and oxygen atoms in total. The minimum atomic E-state index is 0.280. The van der Waals surface area contributed by atoms with E-state index in [0.717, 1.165) is 26.3 Å². The van der Waals surface area contributed by atoms with Gasteiger partial charge in [0.1, 0.15) is 5.03 Å². The van der Waals surface area contributed by atoms with Gasteiger partial charge in [-0.2, -0.15) is 5.10 Å². The number of aryl methyl sites for hydroxylation is 1. The lowest BCUT2D eigenvalue weighted by molar-refractivity contribution is 0.491. The lowest BCUT2D eigenvalue weighted by Crippen LogP contribution is -2.04. The first-order valence-corrected chi connectivity index (χ1v) is 8.07. The highest BCUT2D eigenvalue weighted by Gasteiger charge is 2.17. The van der Waals surface area contributed by atoms with Crippen molar-refractivity contribution in [3.8, 4) is 0 Å². The maximum absolute atomic E-state index is 6.16. The fourth-order valence-electron chi connectivity index (χ4n) is 1.97. The summed E-state index contributed by atoms with van der Waals surface area (Å²) in [6.45, 7) is 6.15. The molecule has 0 bridgehead atoms. The average Bonchev–Trinajstić information content (AvgIpc) is 2.94. The molecule has 20 heavy (non-hydrogen) atoms. The second kappa shape index (κ2) is 5.10. The summed E-state index contributed by atoms with van der Waals surface area (Å²) in [5, 5.41) is 5.49. The number of aromatic nitrogens is 3. The molecule has 3 rings (SSSR count). The Morgan fingerprint density at radius 2 is 2.05 bits per heavy atom. The molecule has 0 aliphatic heterocycles. The van der Waals surface area contributed by atoms with E-state index in [2.05, 4.69) is 30.0 Å². The van der Waals surface area contributed by atoms with Gasteiger partial charge in [0.2, 0.25) is 0 Å². The zero-order valence-corrected chi connectivity index (χ0v) is 13.3. The van der Waals surface area contributed by atoms with Gasteiger partial charge in [0.25, 0.3) is 0 Å². The SMILES string of the molecule is Cc1nn(C(C)C)c(Sc2nc3ccccc3s2)c1N. The quantitative estimate of drug-likeness (QED) is 0.791. The number of nitrogens with two attached hydrogens (primary N) is 1. The Morgan fingerprint density at radius 3 is 2.75 bits per heavy atom. The molecule has 2 heterocycles. The van der Waals surface area contributed by atoms with Gasteiger partial charge in [-0.3, -0.25) is 4.68 Å². The van der Waals surface area contributed by atoms with Crippen LogP contribution in [0.15, 0.2) is 33.6 Å². The van der Waals surface area contributed by atoms with Crippen LogP contribution in [-0.4, -0.2) is 14.8 Å². The third-order valence-corrected chi connectivity index (χ3v) is 5.23. The molecular weight excluding hydrogens is 288 g/mol. The number of para-hydroxylation sites is 1. The summed E-state index contributed by atoms with van der Waals surface area (Å²) in [7, 11) is 0. The molecular formula is C14H16N4S2. The zero-order chi connectivity index (χ0) is 14.3. The Hall–Kier alpha value is -1.53. The highest BCUT2D eigenvalue weighted by atomic mass is 32.2. The Balaban J connectivity index is 2.02. The van der Waals surface area contributed by atoms with E-state index in [1.807, 2.05) is 29.8 Å². The van der Waals surface area contributed by atoms with Gasteiger partial charge in [0, 0.05) is 6.04 Å². The molecule has 0 amide bonds. The van der Waals surface area contributed by atoms with Gasteiger partial charge in [0.15, 0.2) is 4.34 Å². The first-order valence-electron chi connectivity index (χ1n) is 6.44. The molecule has 0 radical (unpaired) electrons. The monoisotopic (exact) mass is 304 g/mol. The molecule has 3 aromatic rings. The van der Waals surface area contributed by atoms with Crippen molar-refractivity contribution in [3.63, 3.8) is 0 Å².